The van der Waals surface area contributed by atoms with E-state index in [9.17, 15) is 4.79 Å². The van der Waals surface area contributed by atoms with Crippen molar-refractivity contribution in [2.45, 2.75) is 25.7 Å². The highest BCUT2D eigenvalue weighted by Gasteiger charge is 2.23. The SMILES string of the molecule is COc1cc(OC)cc(C(CC(=O)NCCc2ccccn2)c2cnc3c(C)cccn23)c1. The van der Waals surface area contributed by atoms with Crippen LogP contribution in [0.25, 0.3) is 5.65 Å². The second kappa shape index (κ2) is 10.2. The Morgan fingerprint density at radius 3 is 2.55 bits per heavy atom. The van der Waals surface area contributed by atoms with Crippen LogP contribution in [-0.2, 0) is 11.2 Å². The summed E-state index contributed by atoms with van der Waals surface area (Å²) in [5.41, 5.74) is 4.76. The van der Waals surface area contributed by atoms with Gasteiger partial charge in [0, 0.05) is 55.7 Å². The van der Waals surface area contributed by atoms with Crippen molar-refractivity contribution in [1.82, 2.24) is 19.7 Å². The molecule has 0 bridgehead atoms. The number of rotatable bonds is 9. The summed E-state index contributed by atoms with van der Waals surface area (Å²) in [4.78, 5) is 21.9. The molecule has 1 unspecified atom stereocenters. The molecule has 4 rings (SSSR count). The summed E-state index contributed by atoms with van der Waals surface area (Å²) in [5.74, 6) is 1.07. The molecule has 0 radical (unpaired) electrons. The smallest absolute Gasteiger partial charge is 0.221 e. The van der Waals surface area contributed by atoms with Crippen molar-refractivity contribution in [2.75, 3.05) is 20.8 Å². The minimum atomic E-state index is -0.236. The molecule has 0 aliphatic rings. The quantitative estimate of drug-likeness (QED) is 0.423. The maximum absolute atomic E-state index is 13.0. The lowest BCUT2D eigenvalue weighted by Crippen LogP contribution is -2.28. The van der Waals surface area contributed by atoms with Crippen LogP contribution in [-0.4, -0.2) is 41.0 Å². The zero-order valence-electron chi connectivity index (χ0n) is 19.1. The van der Waals surface area contributed by atoms with Gasteiger partial charge in [0.2, 0.25) is 5.91 Å². The molecular formula is C26H28N4O3. The van der Waals surface area contributed by atoms with Crippen LogP contribution >= 0.6 is 0 Å². The molecule has 0 saturated carbocycles. The Bertz CT molecular complexity index is 1210. The van der Waals surface area contributed by atoms with E-state index in [2.05, 4.69) is 15.3 Å². The van der Waals surface area contributed by atoms with E-state index in [0.717, 1.165) is 28.2 Å². The number of carbonyl (C=O) groups excluding carboxylic acids is 1. The van der Waals surface area contributed by atoms with E-state index in [0.29, 0.717) is 24.5 Å². The van der Waals surface area contributed by atoms with Crippen LogP contribution in [0.15, 0.2) is 67.1 Å². The molecule has 3 aromatic heterocycles. The number of ether oxygens (including phenoxy) is 2. The maximum atomic E-state index is 13.0. The third-order valence-electron chi connectivity index (χ3n) is 5.71. The second-order valence-corrected chi connectivity index (χ2v) is 7.89. The molecule has 3 heterocycles. The maximum Gasteiger partial charge on any atom is 0.221 e. The Morgan fingerprint density at radius 2 is 1.85 bits per heavy atom. The first-order chi connectivity index (χ1) is 16.1. The summed E-state index contributed by atoms with van der Waals surface area (Å²) < 4.78 is 13.0. The lowest BCUT2D eigenvalue weighted by molar-refractivity contribution is -0.121. The van der Waals surface area contributed by atoms with Crippen molar-refractivity contribution < 1.29 is 14.3 Å². The standard InChI is InChI=1S/C26H28N4O3/c1-18-7-6-12-30-24(17-29-26(18)30)23(19-13-21(32-2)15-22(14-19)33-3)16-25(31)28-11-9-20-8-4-5-10-27-20/h4-8,10,12-15,17,23H,9,11,16H2,1-3H3,(H,28,31). The second-order valence-electron chi connectivity index (χ2n) is 7.89. The Labute approximate surface area is 193 Å². The number of benzene rings is 1. The van der Waals surface area contributed by atoms with Crippen molar-refractivity contribution in [3.05, 3.63) is 89.6 Å². The Hall–Kier alpha value is -3.87. The van der Waals surface area contributed by atoms with Gasteiger partial charge in [-0.3, -0.25) is 9.78 Å². The van der Waals surface area contributed by atoms with Gasteiger partial charge in [-0.25, -0.2) is 4.98 Å². The molecule has 1 aromatic carbocycles. The summed E-state index contributed by atoms with van der Waals surface area (Å²) >= 11 is 0. The topological polar surface area (TPSA) is 77.8 Å². The van der Waals surface area contributed by atoms with E-state index in [1.54, 1.807) is 20.4 Å². The molecule has 0 aliphatic carbocycles. The molecule has 0 saturated heterocycles. The minimum Gasteiger partial charge on any atom is -0.497 e. The van der Waals surface area contributed by atoms with Crippen LogP contribution in [0.2, 0.25) is 0 Å². The van der Waals surface area contributed by atoms with Gasteiger partial charge in [0.15, 0.2) is 0 Å². The first-order valence-electron chi connectivity index (χ1n) is 10.9. The third kappa shape index (κ3) is 5.14. The first kappa shape index (κ1) is 22.3. The number of amides is 1. The molecule has 1 N–H and O–H groups in total. The number of nitrogens with one attached hydrogen (secondary N) is 1. The van der Waals surface area contributed by atoms with E-state index in [4.69, 9.17) is 9.47 Å². The van der Waals surface area contributed by atoms with Crippen molar-refractivity contribution in [1.29, 1.82) is 0 Å². The van der Waals surface area contributed by atoms with Gasteiger partial charge in [-0.05, 0) is 48.4 Å². The average Bonchev–Trinajstić information content (AvgIpc) is 3.28. The molecule has 0 aliphatic heterocycles. The lowest BCUT2D eigenvalue weighted by Gasteiger charge is -2.19. The number of imidazole rings is 1. The highest BCUT2D eigenvalue weighted by molar-refractivity contribution is 5.77. The number of carbonyl (C=O) groups is 1. The fourth-order valence-corrected chi connectivity index (χ4v) is 3.99. The first-order valence-corrected chi connectivity index (χ1v) is 10.9. The minimum absolute atomic E-state index is 0.0414. The predicted octanol–water partition coefficient (Wildman–Crippen LogP) is 3.94. The van der Waals surface area contributed by atoms with Crippen molar-refractivity contribution in [2.24, 2.45) is 0 Å². The molecule has 0 spiro atoms. The number of hydrogen-bond donors (Lipinski definition) is 1. The largest absolute Gasteiger partial charge is 0.497 e. The summed E-state index contributed by atoms with van der Waals surface area (Å²) in [5, 5.41) is 3.04. The number of hydrogen-bond acceptors (Lipinski definition) is 5. The van der Waals surface area contributed by atoms with Gasteiger partial charge in [-0.2, -0.15) is 0 Å². The average molecular weight is 445 g/mol. The fourth-order valence-electron chi connectivity index (χ4n) is 3.99. The molecule has 0 fully saturated rings. The van der Waals surface area contributed by atoms with Gasteiger partial charge in [-0.1, -0.05) is 12.1 Å². The predicted molar refractivity (Wildman–Crippen MR) is 127 cm³/mol. The van der Waals surface area contributed by atoms with Gasteiger partial charge in [0.05, 0.1) is 19.9 Å². The normalized spacial score (nSPS) is 11.8. The summed E-state index contributed by atoms with van der Waals surface area (Å²) in [6.07, 6.45) is 6.53. The van der Waals surface area contributed by atoms with Gasteiger partial charge in [0.25, 0.3) is 0 Å². The zero-order chi connectivity index (χ0) is 23.2. The molecule has 1 amide bonds. The van der Waals surface area contributed by atoms with Gasteiger partial charge in [-0.15, -0.1) is 0 Å². The Balaban J connectivity index is 1.63. The van der Waals surface area contributed by atoms with Crippen LogP contribution in [0.3, 0.4) is 0 Å². The monoisotopic (exact) mass is 444 g/mol. The van der Waals surface area contributed by atoms with Gasteiger partial charge < -0.3 is 19.2 Å². The molecule has 1 atom stereocenters. The summed E-state index contributed by atoms with van der Waals surface area (Å²) in [6, 6.07) is 15.5. The van der Waals surface area contributed by atoms with E-state index in [-0.39, 0.29) is 18.2 Å². The number of methoxy groups -OCH3 is 2. The van der Waals surface area contributed by atoms with E-state index >= 15 is 0 Å². The van der Waals surface area contributed by atoms with Crippen LogP contribution in [0, 0.1) is 6.92 Å². The van der Waals surface area contributed by atoms with Crippen molar-refractivity contribution >= 4 is 11.6 Å². The number of fused-ring (bicyclic) bond motifs is 1. The van der Waals surface area contributed by atoms with E-state index in [1.807, 2.05) is 72.2 Å². The third-order valence-corrected chi connectivity index (χ3v) is 5.71. The van der Waals surface area contributed by atoms with Crippen molar-refractivity contribution in [3.63, 3.8) is 0 Å². The molecule has 7 heteroatoms. The number of aromatic nitrogens is 3. The van der Waals surface area contributed by atoms with Gasteiger partial charge in [0.1, 0.15) is 17.1 Å². The van der Waals surface area contributed by atoms with E-state index < -0.39 is 0 Å². The summed E-state index contributed by atoms with van der Waals surface area (Å²) in [7, 11) is 3.24. The summed E-state index contributed by atoms with van der Waals surface area (Å²) in [6.45, 7) is 2.55. The van der Waals surface area contributed by atoms with E-state index in [1.165, 1.54) is 0 Å². The number of nitrogens with zero attached hydrogens (tertiary/aromatic N) is 3. The Morgan fingerprint density at radius 1 is 1.06 bits per heavy atom. The number of aryl methyl sites for hydroxylation is 1. The molecule has 4 aromatic rings. The molecular weight excluding hydrogens is 416 g/mol. The molecule has 170 valence electrons. The van der Waals surface area contributed by atoms with Crippen LogP contribution in [0.5, 0.6) is 11.5 Å². The highest BCUT2D eigenvalue weighted by atomic mass is 16.5. The highest BCUT2D eigenvalue weighted by Crippen LogP contribution is 2.34. The van der Waals surface area contributed by atoms with Crippen LogP contribution in [0.1, 0.15) is 34.9 Å². The van der Waals surface area contributed by atoms with Crippen molar-refractivity contribution in [3.8, 4) is 11.5 Å². The van der Waals surface area contributed by atoms with Crippen LogP contribution < -0.4 is 14.8 Å². The van der Waals surface area contributed by atoms with Gasteiger partial charge >= 0.3 is 0 Å². The fraction of sp³-hybridized carbons (Fsp3) is 0.269. The lowest BCUT2D eigenvalue weighted by atomic mass is 9.91. The number of pyridine rings is 2. The van der Waals surface area contributed by atoms with Crippen LogP contribution in [0.4, 0.5) is 0 Å². The Kier molecular flexibility index (Phi) is 6.88. The molecule has 7 nitrogen and oxygen atoms in total. The zero-order valence-corrected chi connectivity index (χ0v) is 19.1. The molecule has 33 heavy (non-hydrogen) atoms.